The van der Waals surface area contributed by atoms with E-state index < -0.39 is 0 Å². The number of thiazole rings is 1. The lowest BCUT2D eigenvalue weighted by atomic mass is 10.2. The van der Waals surface area contributed by atoms with Crippen molar-refractivity contribution in [3.8, 4) is 16.3 Å². The molecule has 0 aliphatic carbocycles. The van der Waals surface area contributed by atoms with Gasteiger partial charge in [-0.1, -0.05) is 41.4 Å². The number of aromatic nitrogens is 1. The smallest absolute Gasteiger partial charge is 0.317 e. The summed E-state index contributed by atoms with van der Waals surface area (Å²) in [7, 11) is 0. The van der Waals surface area contributed by atoms with Crippen molar-refractivity contribution < 1.29 is 9.53 Å². The van der Waals surface area contributed by atoms with E-state index in [1.54, 1.807) is 12.1 Å². The van der Waals surface area contributed by atoms with E-state index >= 15 is 0 Å². The van der Waals surface area contributed by atoms with Crippen LogP contribution >= 0.6 is 22.9 Å². The highest BCUT2D eigenvalue weighted by Crippen LogP contribution is 2.26. The van der Waals surface area contributed by atoms with Gasteiger partial charge < -0.3 is 4.74 Å². The van der Waals surface area contributed by atoms with Crippen molar-refractivity contribution in [3.05, 3.63) is 70.2 Å². The minimum absolute atomic E-state index is 0.144. The van der Waals surface area contributed by atoms with E-state index in [4.69, 9.17) is 16.3 Å². The zero-order chi connectivity index (χ0) is 16.2. The fraction of sp³-hybridized carbons (Fsp3) is 0.111. The molecule has 0 amide bonds. The van der Waals surface area contributed by atoms with Crippen LogP contribution in [0.5, 0.6) is 5.75 Å². The van der Waals surface area contributed by atoms with Crippen LogP contribution in [0, 0.1) is 6.92 Å². The first-order valence-electron chi connectivity index (χ1n) is 7.08. The number of carbonyl (C=O) groups is 1. The van der Waals surface area contributed by atoms with Crippen LogP contribution in [-0.4, -0.2) is 11.0 Å². The number of ether oxygens (including phenoxy) is 1. The van der Waals surface area contributed by atoms with Gasteiger partial charge in [-0.2, -0.15) is 0 Å². The predicted octanol–water partition coefficient (Wildman–Crippen LogP) is 4.92. The van der Waals surface area contributed by atoms with Crippen LogP contribution in [-0.2, 0) is 11.2 Å². The molecule has 1 aromatic heterocycles. The predicted molar refractivity (Wildman–Crippen MR) is 93.1 cm³/mol. The summed E-state index contributed by atoms with van der Waals surface area (Å²) in [5.74, 6) is 0.225. The highest BCUT2D eigenvalue weighted by atomic mass is 35.5. The molecule has 0 aliphatic rings. The quantitative estimate of drug-likeness (QED) is 0.498. The third-order valence-corrected chi connectivity index (χ3v) is 4.38. The standard InChI is InChI=1S/C18H14ClNO2S/c1-12-5-7-16(8-6-12)22-17(21)10-15-11-23-18(20-15)13-3-2-4-14(19)9-13/h2-9,11H,10H2,1H3. The average Bonchev–Trinajstić information content (AvgIpc) is 2.98. The normalized spacial score (nSPS) is 10.5. The van der Waals surface area contributed by atoms with Crippen molar-refractivity contribution >= 4 is 28.9 Å². The van der Waals surface area contributed by atoms with Gasteiger partial charge in [0.1, 0.15) is 10.8 Å². The average molecular weight is 344 g/mol. The summed E-state index contributed by atoms with van der Waals surface area (Å²) in [5, 5.41) is 3.37. The first-order valence-corrected chi connectivity index (χ1v) is 8.33. The summed E-state index contributed by atoms with van der Waals surface area (Å²) in [6.07, 6.45) is 0.144. The fourth-order valence-corrected chi connectivity index (χ4v) is 3.07. The maximum atomic E-state index is 12.0. The van der Waals surface area contributed by atoms with Crippen LogP contribution < -0.4 is 4.74 Å². The van der Waals surface area contributed by atoms with Crippen molar-refractivity contribution in [2.75, 3.05) is 0 Å². The van der Waals surface area contributed by atoms with Crippen LogP contribution in [0.3, 0.4) is 0 Å². The van der Waals surface area contributed by atoms with Gasteiger partial charge in [0.15, 0.2) is 0 Å². The molecule has 0 N–H and O–H groups in total. The second kappa shape index (κ2) is 6.94. The van der Waals surface area contributed by atoms with E-state index in [0.717, 1.165) is 16.1 Å². The first-order chi connectivity index (χ1) is 11.1. The molecule has 3 nitrogen and oxygen atoms in total. The zero-order valence-electron chi connectivity index (χ0n) is 12.5. The molecule has 0 atom stereocenters. The molecule has 2 aromatic carbocycles. The summed E-state index contributed by atoms with van der Waals surface area (Å²) in [6, 6.07) is 14.9. The van der Waals surface area contributed by atoms with Gasteiger partial charge in [0.2, 0.25) is 0 Å². The molecule has 0 fully saturated rings. The van der Waals surface area contributed by atoms with Gasteiger partial charge in [0.05, 0.1) is 12.1 Å². The second-order valence-corrected chi connectivity index (χ2v) is 6.41. The number of hydrogen-bond acceptors (Lipinski definition) is 4. The third-order valence-electron chi connectivity index (χ3n) is 3.20. The molecule has 0 aliphatic heterocycles. The largest absolute Gasteiger partial charge is 0.426 e. The van der Waals surface area contributed by atoms with Gasteiger partial charge >= 0.3 is 5.97 Å². The van der Waals surface area contributed by atoms with Gasteiger partial charge in [-0.15, -0.1) is 11.3 Å². The van der Waals surface area contributed by atoms with Crippen LogP contribution in [0.25, 0.3) is 10.6 Å². The van der Waals surface area contributed by atoms with E-state index in [2.05, 4.69) is 4.98 Å². The van der Waals surface area contributed by atoms with Crippen molar-refractivity contribution in [2.45, 2.75) is 13.3 Å². The molecule has 3 rings (SSSR count). The molecule has 1 heterocycles. The number of hydrogen-bond donors (Lipinski definition) is 0. The summed E-state index contributed by atoms with van der Waals surface area (Å²) < 4.78 is 5.31. The van der Waals surface area contributed by atoms with E-state index in [0.29, 0.717) is 16.5 Å². The Morgan fingerprint density at radius 1 is 1.22 bits per heavy atom. The van der Waals surface area contributed by atoms with E-state index in [1.807, 2.05) is 48.7 Å². The monoisotopic (exact) mass is 343 g/mol. The molecule has 0 spiro atoms. The minimum Gasteiger partial charge on any atom is -0.426 e. The zero-order valence-corrected chi connectivity index (χ0v) is 14.0. The Kier molecular flexibility index (Phi) is 4.74. The third kappa shape index (κ3) is 4.18. The molecule has 0 saturated carbocycles. The van der Waals surface area contributed by atoms with Crippen LogP contribution in [0.1, 0.15) is 11.3 Å². The number of nitrogens with zero attached hydrogens (tertiary/aromatic N) is 1. The molecule has 3 aromatic rings. The molecule has 0 unspecified atom stereocenters. The van der Waals surface area contributed by atoms with E-state index in [1.165, 1.54) is 11.3 Å². The van der Waals surface area contributed by atoms with Crippen molar-refractivity contribution in [1.82, 2.24) is 4.98 Å². The Morgan fingerprint density at radius 2 is 2.00 bits per heavy atom. The number of benzene rings is 2. The SMILES string of the molecule is Cc1ccc(OC(=O)Cc2csc(-c3cccc(Cl)c3)n2)cc1. The molecular weight excluding hydrogens is 330 g/mol. The summed E-state index contributed by atoms with van der Waals surface area (Å²) in [5.41, 5.74) is 2.76. The van der Waals surface area contributed by atoms with E-state index in [9.17, 15) is 4.79 Å². The van der Waals surface area contributed by atoms with E-state index in [-0.39, 0.29) is 12.4 Å². The highest BCUT2D eigenvalue weighted by Gasteiger charge is 2.11. The van der Waals surface area contributed by atoms with Gasteiger partial charge in [-0.25, -0.2) is 4.98 Å². The Morgan fingerprint density at radius 3 is 2.74 bits per heavy atom. The number of aryl methyl sites for hydroxylation is 1. The fourth-order valence-electron chi connectivity index (χ4n) is 2.06. The van der Waals surface area contributed by atoms with Crippen LogP contribution in [0.4, 0.5) is 0 Å². The molecular formula is C18H14ClNO2S. The number of carbonyl (C=O) groups excluding carboxylic acids is 1. The maximum absolute atomic E-state index is 12.0. The summed E-state index contributed by atoms with van der Waals surface area (Å²) in [4.78, 5) is 16.5. The summed E-state index contributed by atoms with van der Waals surface area (Å²) in [6.45, 7) is 1.98. The first kappa shape index (κ1) is 15.7. The van der Waals surface area contributed by atoms with Crippen LogP contribution in [0.15, 0.2) is 53.9 Å². The highest BCUT2D eigenvalue weighted by molar-refractivity contribution is 7.13. The second-order valence-electron chi connectivity index (χ2n) is 5.12. The Hall–Kier alpha value is -2.17. The van der Waals surface area contributed by atoms with Crippen molar-refractivity contribution in [1.29, 1.82) is 0 Å². The molecule has 23 heavy (non-hydrogen) atoms. The molecule has 0 bridgehead atoms. The number of halogens is 1. The lowest BCUT2D eigenvalue weighted by Crippen LogP contribution is -2.11. The van der Waals surface area contributed by atoms with Gasteiger partial charge in [0.25, 0.3) is 0 Å². The van der Waals surface area contributed by atoms with Crippen molar-refractivity contribution in [3.63, 3.8) is 0 Å². The minimum atomic E-state index is -0.322. The number of rotatable bonds is 4. The van der Waals surface area contributed by atoms with Crippen LogP contribution in [0.2, 0.25) is 5.02 Å². The Bertz CT molecular complexity index is 827. The molecule has 116 valence electrons. The maximum Gasteiger partial charge on any atom is 0.317 e. The van der Waals surface area contributed by atoms with Gasteiger partial charge in [-0.3, -0.25) is 4.79 Å². The molecule has 0 saturated heterocycles. The molecule has 5 heteroatoms. The van der Waals surface area contributed by atoms with Gasteiger partial charge in [0, 0.05) is 16.0 Å². The number of esters is 1. The lowest BCUT2D eigenvalue weighted by Gasteiger charge is -2.03. The topological polar surface area (TPSA) is 39.2 Å². The summed E-state index contributed by atoms with van der Waals surface area (Å²) >= 11 is 7.47. The van der Waals surface area contributed by atoms with Gasteiger partial charge in [-0.05, 0) is 31.2 Å². The van der Waals surface area contributed by atoms with Crippen molar-refractivity contribution in [2.24, 2.45) is 0 Å². The molecule has 0 radical (unpaired) electrons. The lowest BCUT2D eigenvalue weighted by molar-refractivity contribution is -0.133. The Labute approximate surface area is 143 Å². The Balaban J connectivity index is 1.66.